The fourth-order valence-electron chi connectivity index (χ4n) is 2.45. The van der Waals surface area contributed by atoms with Crippen LogP contribution < -0.4 is 5.73 Å². The number of nitrogens with zero attached hydrogens (tertiary/aromatic N) is 1. The van der Waals surface area contributed by atoms with Crippen LogP contribution in [0.3, 0.4) is 0 Å². The number of para-hydroxylation sites is 1. The van der Waals surface area contributed by atoms with Crippen molar-refractivity contribution in [2.75, 3.05) is 6.54 Å². The zero-order chi connectivity index (χ0) is 12.5. The number of aryl methyl sites for hydroxylation is 1. The molecule has 1 aromatic heterocycles. The molecule has 2 aromatic rings. The van der Waals surface area contributed by atoms with E-state index in [1.54, 1.807) is 0 Å². The normalized spacial score (nSPS) is 15.2. The van der Waals surface area contributed by atoms with Crippen molar-refractivity contribution in [3.63, 3.8) is 0 Å². The summed E-state index contributed by atoms with van der Waals surface area (Å²) in [5.74, 6) is 0.508. The van der Waals surface area contributed by atoms with Gasteiger partial charge in [0.25, 0.3) is 0 Å². The van der Waals surface area contributed by atoms with Crippen LogP contribution in [0.5, 0.6) is 0 Å². The molecule has 1 aliphatic rings. The number of carbonyl (C=O) groups is 1. The average Bonchev–Trinajstić information content (AvgIpc) is 3.18. The molecule has 0 aliphatic heterocycles. The second-order valence-corrected chi connectivity index (χ2v) is 5.05. The number of benzene rings is 1. The van der Waals surface area contributed by atoms with Crippen LogP contribution >= 0.6 is 0 Å². The van der Waals surface area contributed by atoms with Crippen LogP contribution in [0.25, 0.3) is 10.9 Å². The minimum atomic E-state index is 0.253. The molecule has 1 heterocycles. The van der Waals surface area contributed by atoms with Crippen molar-refractivity contribution < 1.29 is 4.79 Å². The van der Waals surface area contributed by atoms with Crippen molar-refractivity contribution in [3.05, 3.63) is 36.0 Å². The van der Waals surface area contributed by atoms with Gasteiger partial charge in [-0.3, -0.25) is 9.36 Å². The molecule has 3 rings (SSSR count). The number of fused-ring (bicyclic) bond motifs is 1. The molecule has 94 valence electrons. The van der Waals surface area contributed by atoms with Crippen molar-refractivity contribution in [3.8, 4) is 0 Å². The predicted molar refractivity (Wildman–Crippen MR) is 72.7 cm³/mol. The lowest BCUT2D eigenvalue weighted by atomic mass is 10.1. The fraction of sp³-hybridized carbons (Fsp3) is 0.400. The van der Waals surface area contributed by atoms with Crippen molar-refractivity contribution in [1.82, 2.24) is 4.57 Å². The monoisotopic (exact) mass is 242 g/mol. The zero-order valence-corrected chi connectivity index (χ0v) is 10.4. The lowest BCUT2D eigenvalue weighted by Crippen LogP contribution is -2.10. The van der Waals surface area contributed by atoms with Crippen LogP contribution in [-0.4, -0.2) is 17.0 Å². The van der Waals surface area contributed by atoms with E-state index < -0.39 is 0 Å². The zero-order valence-electron chi connectivity index (χ0n) is 10.4. The van der Waals surface area contributed by atoms with E-state index in [2.05, 4.69) is 6.07 Å². The Balaban J connectivity index is 2.05. The lowest BCUT2D eigenvalue weighted by molar-refractivity contribution is 0.0891. The van der Waals surface area contributed by atoms with Gasteiger partial charge in [0.2, 0.25) is 5.91 Å². The minimum Gasteiger partial charge on any atom is -0.330 e. The summed E-state index contributed by atoms with van der Waals surface area (Å²) < 4.78 is 1.85. The molecule has 1 aliphatic carbocycles. The first-order chi connectivity index (χ1) is 8.81. The lowest BCUT2D eigenvalue weighted by Gasteiger charge is -2.01. The second kappa shape index (κ2) is 4.58. The van der Waals surface area contributed by atoms with Gasteiger partial charge >= 0.3 is 0 Å². The van der Waals surface area contributed by atoms with Crippen molar-refractivity contribution in [1.29, 1.82) is 0 Å². The highest BCUT2D eigenvalue weighted by Gasteiger charge is 2.31. The first-order valence-electron chi connectivity index (χ1n) is 6.64. The average molecular weight is 242 g/mol. The number of hydrogen-bond acceptors (Lipinski definition) is 2. The van der Waals surface area contributed by atoms with Gasteiger partial charge in [0.15, 0.2) is 0 Å². The summed E-state index contributed by atoms with van der Waals surface area (Å²) >= 11 is 0. The molecule has 1 fully saturated rings. The van der Waals surface area contributed by atoms with E-state index in [4.69, 9.17) is 5.73 Å². The van der Waals surface area contributed by atoms with E-state index in [0.29, 0.717) is 6.54 Å². The Hall–Kier alpha value is -1.61. The van der Waals surface area contributed by atoms with Crippen LogP contribution in [0, 0.1) is 5.92 Å². The summed E-state index contributed by atoms with van der Waals surface area (Å²) in [4.78, 5) is 12.2. The minimum absolute atomic E-state index is 0.253. The third-order valence-corrected chi connectivity index (χ3v) is 3.61. The highest BCUT2D eigenvalue weighted by molar-refractivity contribution is 5.96. The molecular weight excluding hydrogens is 224 g/mol. The Morgan fingerprint density at radius 2 is 2.11 bits per heavy atom. The number of aromatic nitrogens is 1. The summed E-state index contributed by atoms with van der Waals surface area (Å²) in [5, 5.41) is 1.19. The summed E-state index contributed by atoms with van der Waals surface area (Å²) in [5.41, 5.74) is 7.86. The standard InChI is InChI=1S/C15H18N2O/c16-9-3-4-12-10-17(15(18)11-7-8-11)14-6-2-1-5-13(12)14/h1-2,5-6,10-11H,3-4,7-9,16H2. The largest absolute Gasteiger partial charge is 0.330 e. The van der Waals surface area contributed by atoms with E-state index in [-0.39, 0.29) is 11.8 Å². The van der Waals surface area contributed by atoms with Crippen LogP contribution in [0.1, 0.15) is 29.6 Å². The summed E-state index contributed by atoms with van der Waals surface area (Å²) in [6.45, 7) is 0.691. The van der Waals surface area contributed by atoms with Crippen molar-refractivity contribution in [2.24, 2.45) is 11.7 Å². The first kappa shape index (κ1) is 11.5. The number of carbonyl (C=O) groups excluding carboxylic acids is 1. The van der Waals surface area contributed by atoms with Crippen LogP contribution in [-0.2, 0) is 6.42 Å². The molecule has 0 saturated heterocycles. The van der Waals surface area contributed by atoms with Gasteiger partial charge in [-0.2, -0.15) is 0 Å². The van der Waals surface area contributed by atoms with E-state index in [1.165, 1.54) is 10.9 Å². The van der Waals surface area contributed by atoms with Crippen molar-refractivity contribution >= 4 is 16.8 Å². The Kier molecular flexibility index (Phi) is 2.92. The quantitative estimate of drug-likeness (QED) is 0.895. The van der Waals surface area contributed by atoms with E-state index in [1.807, 2.05) is 29.0 Å². The van der Waals surface area contributed by atoms with Crippen LogP contribution in [0.2, 0.25) is 0 Å². The first-order valence-corrected chi connectivity index (χ1v) is 6.64. The Labute approximate surface area is 107 Å². The SMILES string of the molecule is NCCCc1cn(C(=O)C2CC2)c2ccccc12. The van der Waals surface area contributed by atoms with E-state index in [0.717, 1.165) is 31.2 Å². The maximum Gasteiger partial charge on any atom is 0.234 e. The molecule has 0 radical (unpaired) electrons. The van der Waals surface area contributed by atoms with Gasteiger partial charge in [-0.25, -0.2) is 0 Å². The highest BCUT2D eigenvalue weighted by atomic mass is 16.2. The molecule has 18 heavy (non-hydrogen) atoms. The molecule has 0 atom stereocenters. The third kappa shape index (κ3) is 1.95. The molecule has 0 spiro atoms. The maximum atomic E-state index is 12.2. The fourth-order valence-corrected chi connectivity index (χ4v) is 2.45. The number of hydrogen-bond donors (Lipinski definition) is 1. The Morgan fingerprint density at radius 1 is 1.33 bits per heavy atom. The molecule has 2 N–H and O–H groups in total. The number of nitrogens with two attached hydrogens (primary N) is 1. The van der Waals surface area contributed by atoms with Gasteiger partial charge < -0.3 is 5.73 Å². The molecule has 3 nitrogen and oxygen atoms in total. The van der Waals surface area contributed by atoms with Gasteiger partial charge in [0.05, 0.1) is 5.52 Å². The van der Waals surface area contributed by atoms with Gasteiger partial charge in [0.1, 0.15) is 0 Å². The predicted octanol–water partition coefficient (Wildman–Crippen LogP) is 2.58. The topological polar surface area (TPSA) is 48.0 Å². The smallest absolute Gasteiger partial charge is 0.234 e. The summed E-state index contributed by atoms with van der Waals surface area (Å²) in [7, 11) is 0. The van der Waals surface area contributed by atoms with Crippen LogP contribution in [0.15, 0.2) is 30.5 Å². The Morgan fingerprint density at radius 3 is 2.83 bits per heavy atom. The van der Waals surface area contributed by atoms with Gasteiger partial charge in [-0.15, -0.1) is 0 Å². The molecule has 0 bridgehead atoms. The van der Waals surface area contributed by atoms with Gasteiger partial charge in [-0.1, -0.05) is 18.2 Å². The molecular formula is C15H18N2O. The summed E-state index contributed by atoms with van der Waals surface area (Å²) in [6.07, 6.45) is 6.02. The molecule has 1 saturated carbocycles. The van der Waals surface area contributed by atoms with Crippen molar-refractivity contribution in [2.45, 2.75) is 25.7 Å². The maximum absolute atomic E-state index is 12.2. The molecule has 0 unspecified atom stereocenters. The number of rotatable bonds is 4. The molecule has 1 aromatic carbocycles. The van der Waals surface area contributed by atoms with E-state index >= 15 is 0 Å². The van der Waals surface area contributed by atoms with E-state index in [9.17, 15) is 4.79 Å². The molecule has 3 heteroatoms. The Bertz CT molecular complexity index is 581. The van der Waals surface area contributed by atoms with Gasteiger partial charge in [-0.05, 0) is 43.9 Å². The summed E-state index contributed by atoms with van der Waals surface area (Å²) in [6, 6.07) is 8.14. The molecule has 0 amide bonds. The van der Waals surface area contributed by atoms with Gasteiger partial charge in [0, 0.05) is 17.5 Å². The highest BCUT2D eigenvalue weighted by Crippen LogP contribution is 2.33. The second-order valence-electron chi connectivity index (χ2n) is 5.05. The van der Waals surface area contributed by atoms with Crippen LogP contribution in [0.4, 0.5) is 0 Å². The third-order valence-electron chi connectivity index (χ3n) is 3.61.